The van der Waals surface area contributed by atoms with Crippen LogP contribution in [0.15, 0.2) is 24.3 Å². The van der Waals surface area contributed by atoms with Gasteiger partial charge in [-0.15, -0.1) is 0 Å². The predicted molar refractivity (Wildman–Crippen MR) is 77.2 cm³/mol. The van der Waals surface area contributed by atoms with Crippen LogP contribution in [0.1, 0.15) is 6.92 Å². The van der Waals surface area contributed by atoms with Crippen molar-refractivity contribution >= 4 is 17.7 Å². The molecule has 1 unspecified atom stereocenters. The molecule has 0 fully saturated rings. The van der Waals surface area contributed by atoms with Gasteiger partial charge in [-0.2, -0.15) is 0 Å². The van der Waals surface area contributed by atoms with Gasteiger partial charge in [0.05, 0.1) is 19.4 Å². The summed E-state index contributed by atoms with van der Waals surface area (Å²) in [4.78, 5) is 24.8. The molecule has 0 saturated heterocycles. The average Bonchev–Trinajstić information content (AvgIpc) is 2.49. The number of esters is 1. The smallest absolute Gasteiger partial charge is 0.356 e. The highest BCUT2D eigenvalue weighted by molar-refractivity contribution is 5.93. The van der Waals surface area contributed by atoms with E-state index in [0.29, 0.717) is 18.0 Å². The van der Waals surface area contributed by atoms with Gasteiger partial charge in [0.1, 0.15) is 5.75 Å². The molecule has 21 heavy (non-hydrogen) atoms. The van der Waals surface area contributed by atoms with Gasteiger partial charge in [0, 0.05) is 14.2 Å². The number of likely N-dealkylation sites (N-methyl/N-ethyl adjacent to an activating group) is 1. The summed E-state index contributed by atoms with van der Waals surface area (Å²) in [5.41, 5.74) is 0.510. The molecule has 0 aliphatic rings. The number of anilines is 1. The van der Waals surface area contributed by atoms with Crippen molar-refractivity contribution < 1.29 is 23.8 Å². The molecule has 0 aliphatic carbocycles. The lowest BCUT2D eigenvalue weighted by Gasteiger charge is -2.25. The third kappa shape index (κ3) is 4.35. The molecule has 1 aromatic rings. The number of urea groups is 1. The molecular formula is C14H20N2O5. The number of amides is 2. The molecule has 7 nitrogen and oxygen atoms in total. The molecule has 1 aromatic carbocycles. The van der Waals surface area contributed by atoms with E-state index in [0.717, 1.165) is 4.90 Å². The van der Waals surface area contributed by atoms with Gasteiger partial charge in [-0.05, 0) is 19.1 Å². The quantitative estimate of drug-likeness (QED) is 0.638. The maximum absolute atomic E-state index is 12.2. The molecule has 1 rings (SSSR count). The van der Waals surface area contributed by atoms with E-state index in [2.05, 4.69) is 10.1 Å². The third-order valence-electron chi connectivity index (χ3n) is 2.73. The number of hydrogen-bond donors (Lipinski definition) is 1. The molecule has 0 aromatic heterocycles. The van der Waals surface area contributed by atoms with E-state index < -0.39 is 18.2 Å². The zero-order valence-corrected chi connectivity index (χ0v) is 12.6. The van der Waals surface area contributed by atoms with E-state index in [9.17, 15) is 9.59 Å². The fourth-order valence-electron chi connectivity index (χ4n) is 1.67. The van der Waals surface area contributed by atoms with Crippen molar-refractivity contribution in [3.8, 4) is 5.75 Å². The fraction of sp³-hybridized carbons (Fsp3) is 0.429. The number of nitrogens with one attached hydrogen (secondary N) is 1. The Morgan fingerprint density at radius 1 is 1.29 bits per heavy atom. The Balaban J connectivity index is 2.83. The van der Waals surface area contributed by atoms with E-state index in [1.165, 1.54) is 21.3 Å². The van der Waals surface area contributed by atoms with Gasteiger partial charge in [-0.25, -0.2) is 9.59 Å². The number of methoxy groups -OCH3 is 2. The van der Waals surface area contributed by atoms with Gasteiger partial charge in [-0.1, -0.05) is 12.1 Å². The van der Waals surface area contributed by atoms with Gasteiger partial charge in [-0.3, -0.25) is 4.90 Å². The fourth-order valence-corrected chi connectivity index (χ4v) is 1.67. The summed E-state index contributed by atoms with van der Waals surface area (Å²) in [6, 6.07) is 6.51. The first kappa shape index (κ1) is 16.8. The second-order valence-corrected chi connectivity index (χ2v) is 4.08. The highest BCUT2D eigenvalue weighted by Gasteiger charge is 2.27. The lowest BCUT2D eigenvalue weighted by atomic mass is 10.3. The van der Waals surface area contributed by atoms with Gasteiger partial charge in [0.15, 0.2) is 0 Å². The number of benzene rings is 1. The molecule has 1 N–H and O–H groups in total. The summed E-state index contributed by atoms with van der Waals surface area (Å²) >= 11 is 0. The molecule has 0 heterocycles. The van der Waals surface area contributed by atoms with Gasteiger partial charge >= 0.3 is 12.0 Å². The highest BCUT2D eigenvalue weighted by atomic mass is 16.6. The van der Waals surface area contributed by atoms with Crippen molar-refractivity contribution in [1.29, 1.82) is 0 Å². The normalized spacial score (nSPS) is 11.4. The topological polar surface area (TPSA) is 77.1 Å². The van der Waals surface area contributed by atoms with Crippen molar-refractivity contribution in [3.63, 3.8) is 0 Å². The molecule has 0 saturated carbocycles. The number of ether oxygens (including phenoxy) is 3. The molecule has 2 amide bonds. The van der Waals surface area contributed by atoms with Crippen molar-refractivity contribution in [1.82, 2.24) is 4.90 Å². The maximum Gasteiger partial charge on any atom is 0.356 e. The van der Waals surface area contributed by atoms with Crippen LogP contribution in [0.4, 0.5) is 10.5 Å². The first-order chi connectivity index (χ1) is 10.0. The summed E-state index contributed by atoms with van der Waals surface area (Å²) in [7, 11) is 3.98. The van der Waals surface area contributed by atoms with Crippen molar-refractivity contribution in [2.75, 3.05) is 33.2 Å². The first-order valence-electron chi connectivity index (χ1n) is 6.41. The van der Waals surface area contributed by atoms with Crippen molar-refractivity contribution in [3.05, 3.63) is 24.3 Å². The van der Waals surface area contributed by atoms with Crippen LogP contribution in [-0.2, 0) is 14.3 Å². The maximum atomic E-state index is 12.2. The first-order valence-corrected chi connectivity index (χ1v) is 6.41. The van der Waals surface area contributed by atoms with Crippen LogP contribution in [0.2, 0.25) is 0 Å². The van der Waals surface area contributed by atoms with Gasteiger partial charge in [0.25, 0.3) is 0 Å². The Hall–Kier alpha value is -2.28. The number of hydrogen-bond acceptors (Lipinski definition) is 5. The summed E-state index contributed by atoms with van der Waals surface area (Å²) in [5.74, 6) is -0.109. The van der Waals surface area contributed by atoms with Crippen LogP contribution in [0.25, 0.3) is 0 Å². The Labute approximate surface area is 123 Å². The van der Waals surface area contributed by atoms with E-state index in [1.54, 1.807) is 24.3 Å². The molecule has 7 heteroatoms. The van der Waals surface area contributed by atoms with E-state index in [1.807, 2.05) is 6.92 Å². The molecule has 0 radical (unpaired) electrons. The van der Waals surface area contributed by atoms with E-state index in [-0.39, 0.29) is 0 Å². The predicted octanol–water partition coefficient (Wildman–Crippen LogP) is 1.69. The van der Waals surface area contributed by atoms with Crippen LogP contribution in [-0.4, -0.2) is 51.0 Å². The van der Waals surface area contributed by atoms with Gasteiger partial charge < -0.3 is 19.5 Å². The molecular weight excluding hydrogens is 276 g/mol. The minimum absolute atomic E-state index is 0.478. The Morgan fingerprint density at radius 2 is 1.95 bits per heavy atom. The molecule has 0 bridgehead atoms. The van der Waals surface area contributed by atoms with Gasteiger partial charge in [0.2, 0.25) is 6.23 Å². The standard InChI is InChI=1S/C14H20N2O5/c1-5-21-11-9-7-6-8-10(11)15-14(18)16(2)12(19-3)13(17)20-4/h6-9,12H,5H2,1-4H3,(H,15,18). The Morgan fingerprint density at radius 3 is 2.52 bits per heavy atom. The lowest BCUT2D eigenvalue weighted by molar-refractivity contribution is -0.160. The van der Waals surface area contributed by atoms with Crippen LogP contribution in [0, 0.1) is 0 Å². The number of rotatable bonds is 6. The van der Waals surface area contributed by atoms with Crippen LogP contribution < -0.4 is 10.1 Å². The summed E-state index contributed by atoms with van der Waals surface area (Å²) in [5, 5.41) is 2.66. The number of nitrogens with zero attached hydrogens (tertiary/aromatic N) is 1. The molecule has 116 valence electrons. The summed E-state index contributed by atoms with van der Waals surface area (Å²) in [6.07, 6.45) is -1.12. The van der Waals surface area contributed by atoms with Crippen LogP contribution in [0.5, 0.6) is 5.75 Å². The lowest BCUT2D eigenvalue weighted by Crippen LogP contribution is -2.46. The Bertz CT molecular complexity index is 492. The SMILES string of the molecule is CCOc1ccccc1NC(=O)N(C)C(OC)C(=O)OC. The average molecular weight is 296 g/mol. The van der Waals surface area contributed by atoms with Crippen molar-refractivity contribution in [2.45, 2.75) is 13.2 Å². The van der Waals surface area contributed by atoms with Crippen LogP contribution >= 0.6 is 0 Å². The number of para-hydroxylation sites is 2. The van der Waals surface area contributed by atoms with E-state index >= 15 is 0 Å². The minimum atomic E-state index is -1.12. The minimum Gasteiger partial charge on any atom is -0.492 e. The Kier molecular flexibility index (Phi) is 6.48. The monoisotopic (exact) mass is 296 g/mol. The molecule has 0 spiro atoms. The zero-order valence-electron chi connectivity index (χ0n) is 12.6. The summed E-state index contributed by atoms with van der Waals surface area (Å²) < 4.78 is 15.0. The zero-order chi connectivity index (χ0) is 15.8. The second-order valence-electron chi connectivity index (χ2n) is 4.08. The number of carbonyl (C=O) groups is 2. The highest BCUT2D eigenvalue weighted by Crippen LogP contribution is 2.24. The van der Waals surface area contributed by atoms with Crippen molar-refractivity contribution in [2.24, 2.45) is 0 Å². The summed E-state index contributed by atoms with van der Waals surface area (Å²) in [6.45, 7) is 2.33. The second kappa shape index (κ2) is 8.11. The number of carbonyl (C=O) groups excluding carboxylic acids is 2. The van der Waals surface area contributed by atoms with E-state index in [4.69, 9.17) is 9.47 Å². The molecule has 1 atom stereocenters. The third-order valence-corrected chi connectivity index (χ3v) is 2.73. The largest absolute Gasteiger partial charge is 0.492 e. The van der Waals surface area contributed by atoms with Crippen LogP contribution in [0.3, 0.4) is 0 Å². The molecule has 0 aliphatic heterocycles.